The summed E-state index contributed by atoms with van der Waals surface area (Å²) < 4.78 is 6.54. The van der Waals surface area contributed by atoms with Crippen molar-refractivity contribution in [3.8, 4) is 0 Å². The minimum atomic E-state index is -0.816. The summed E-state index contributed by atoms with van der Waals surface area (Å²) in [4.78, 5) is 24.9. The Kier molecular flexibility index (Phi) is 3.14. The second kappa shape index (κ2) is 4.44. The van der Waals surface area contributed by atoms with E-state index in [1.807, 2.05) is 0 Å². The molecule has 17 heavy (non-hydrogen) atoms. The molecule has 1 aliphatic rings. The first-order valence-corrected chi connectivity index (χ1v) is 5.29. The first-order valence-electron chi connectivity index (χ1n) is 5.29. The zero-order valence-corrected chi connectivity index (χ0v) is 9.29. The van der Waals surface area contributed by atoms with Crippen LogP contribution < -0.4 is 11.2 Å². The van der Waals surface area contributed by atoms with Gasteiger partial charge in [-0.2, -0.15) is 0 Å². The molecule has 1 fully saturated rings. The van der Waals surface area contributed by atoms with E-state index in [4.69, 9.17) is 9.84 Å². The van der Waals surface area contributed by atoms with Gasteiger partial charge in [-0.15, -0.1) is 0 Å². The molecule has 0 saturated carbocycles. The lowest BCUT2D eigenvalue weighted by Crippen LogP contribution is -2.33. The van der Waals surface area contributed by atoms with Gasteiger partial charge in [-0.05, 0) is 6.92 Å². The minimum absolute atomic E-state index is 0.205. The van der Waals surface area contributed by atoms with Crippen molar-refractivity contribution in [1.29, 1.82) is 0 Å². The number of aliphatic hydroxyl groups excluding tert-OH is 2. The van der Waals surface area contributed by atoms with E-state index in [9.17, 15) is 14.7 Å². The summed E-state index contributed by atoms with van der Waals surface area (Å²) in [6.07, 6.45) is -0.581. The van der Waals surface area contributed by atoms with Gasteiger partial charge in [-0.1, -0.05) is 0 Å². The zero-order chi connectivity index (χ0) is 12.6. The molecule has 1 aromatic heterocycles. The number of aromatic nitrogens is 2. The molecule has 0 aromatic carbocycles. The van der Waals surface area contributed by atoms with Crippen molar-refractivity contribution in [2.45, 2.75) is 31.8 Å². The Balaban J connectivity index is 2.34. The normalized spacial score (nSPS) is 28.5. The highest BCUT2D eigenvalue weighted by Crippen LogP contribution is 2.27. The predicted molar refractivity (Wildman–Crippen MR) is 57.7 cm³/mol. The molecular weight excluding hydrogens is 230 g/mol. The van der Waals surface area contributed by atoms with Crippen molar-refractivity contribution in [3.05, 3.63) is 32.6 Å². The third-order valence-corrected chi connectivity index (χ3v) is 2.84. The van der Waals surface area contributed by atoms with E-state index < -0.39 is 29.7 Å². The van der Waals surface area contributed by atoms with Crippen molar-refractivity contribution in [3.63, 3.8) is 0 Å². The number of ether oxygens (including phenoxy) is 1. The summed E-state index contributed by atoms with van der Waals surface area (Å²) in [6, 6.07) is 0. The van der Waals surface area contributed by atoms with Crippen LogP contribution in [0.25, 0.3) is 0 Å². The van der Waals surface area contributed by atoms with Crippen LogP contribution in [0.15, 0.2) is 15.8 Å². The Morgan fingerprint density at radius 3 is 2.88 bits per heavy atom. The number of hydrogen-bond acceptors (Lipinski definition) is 5. The van der Waals surface area contributed by atoms with E-state index in [0.717, 1.165) is 0 Å². The Bertz CT molecular complexity index is 520. The molecular formula is C10H14N2O5. The number of aromatic amines is 1. The molecule has 0 amide bonds. The van der Waals surface area contributed by atoms with Gasteiger partial charge in [-0.3, -0.25) is 14.3 Å². The quantitative estimate of drug-likeness (QED) is 0.586. The van der Waals surface area contributed by atoms with Gasteiger partial charge < -0.3 is 14.9 Å². The lowest BCUT2D eigenvalue weighted by molar-refractivity contribution is -0.0459. The van der Waals surface area contributed by atoms with Gasteiger partial charge in [0.2, 0.25) is 0 Å². The summed E-state index contributed by atoms with van der Waals surface area (Å²) in [6.45, 7) is 1.26. The largest absolute Gasteiger partial charge is 0.394 e. The standard InChI is InChI=1S/C10H14N2O5/c1-5-3-12(10(16)11-9(5)15)8-2-6(14)7(4-13)17-8/h3,6-8,13-14H,2,4H2,1H3,(H,11,15,16)/t6-,7+,8+/m0/s1/i11+1,12+1. The molecule has 0 aliphatic carbocycles. The van der Waals surface area contributed by atoms with E-state index in [2.05, 4.69) is 4.98 Å². The van der Waals surface area contributed by atoms with Crippen LogP contribution in [0.3, 0.4) is 0 Å². The van der Waals surface area contributed by atoms with Gasteiger partial charge in [0, 0.05) is 18.2 Å². The van der Waals surface area contributed by atoms with Crippen LogP contribution in [-0.2, 0) is 4.74 Å². The van der Waals surface area contributed by atoms with Crippen LogP contribution in [0.5, 0.6) is 0 Å². The van der Waals surface area contributed by atoms with Gasteiger partial charge in [-0.25, -0.2) is 4.79 Å². The molecule has 0 radical (unpaired) electrons. The number of rotatable bonds is 2. The molecule has 2 rings (SSSR count). The van der Waals surface area contributed by atoms with Crippen molar-refractivity contribution >= 4 is 0 Å². The highest BCUT2D eigenvalue weighted by molar-refractivity contribution is 5.02. The van der Waals surface area contributed by atoms with Crippen molar-refractivity contribution < 1.29 is 14.9 Å². The van der Waals surface area contributed by atoms with E-state index in [1.165, 1.54) is 10.8 Å². The fourth-order valence-corrected chi connectivity index (χ4v) is 1.85. The molecule has 3 N–H and O–H groups in total. The van der Waals surface area contributed by atoms with E-state index in [-0.39, 0.29) is 13.0 Å². The zero-order valence-electron chi connectivity index (χ0n) is 9.29. The number of H-pyrrole nitrogens is 1. The van der Waals surface area contributed by atoms with Crippen LogP contribution in [0, 0.1) is 6.92 Å². The van der Waals surface area contributed by atoms with Gasteiger partial charge >= 0.3 is 5.69 Å². The summed E-state index contributed by atoms with van der Waals surface area (Å²) in [5.41, 5.74) is -0.643. The van der Waals surface area contributed by atoms with E-state index in [0.29, 0.717) is 5.56 Å². The van der Waals surface area contributed by atoms with Gasteiger partial charge in [0.1, 0.15) is 12.3 Å². The monoisotopic (exact) mass is 244 g/mol. The smallest absolute Gasteiger partial charge is 0.330 e. The third kappa shape index (κ3) is 2.17. The maximum absolute atomic E-state index is 11.6. The fourth-order valence-electron chi connectivity index (χ4n) is 1.85. The molecule has 1 aliphatic heterocycles. The number of nitrogens with zero attached hydrogens (tertiary/aromatic N) is 1. The fraction of sp³-hybridized carbons (Fsp3) is 0.600. The molecule has 7 nitrogen and oxygen atoms in total. The number of aryl methyl sites for hydroxylation is 1. The summed E-state index contributed by atoms with van der Waals surface area (Å²) in [5.74, 6) is 0. The van der Waals surface area contributed by atoms with Gasteiger partial charge in [0.15, 0.2) is 0 Å². The molecule has 94 valence electrons. The molecule has 7 heteroatoms. The first kappa shape index (κ1) is 12.0. The molecule has 1 aromatic rings. The van der Waals surface area contributed by atoms with Crippen LogP contribution in [0.4, 0.5) is 0 Å². The molecule has 0 unspecified atom stereocenters. The van der Waals surface area contributed by atoms with Crippen molar-refractivity contribution in [1.82, 2.24) is 9.55 Å². The number of aliphatic hydroxyl groups is 2. The Morgan fingerprint density at radius 2 is 2.29 bits per heavy atom. The van der Waals surface area contributed by atoms with Crippen molar-refractivity contribution in [2.24, 2.45) is 0 Å². The highest BCUT2D eigenvalue weighted by atomic mass is 16.6. The van der Waals surface area contributed by atoms with Crippen LogP contribution in [-0.4, -0.2) is 38.6 Å². The Hall–Kier alpha value is -1.44. The highest BCUT2D eigenvalue weighted by Gasteiger charge is 2.34. The van der Waals surface area contributed by atoms with E-state index >= 15 is 0 Å². The summed E-state index contributed by atoms with van der Waals surface area (Å²) in [5, 5.41) is 18.5. The van der Waals surface area contributed by atoms with Crippen LogP contribution in [0.1, 0.15) is 18.2 Å². The maximum Gasteiger partial charge on any atom is 0.330 e. The topological polar surface area (TPSA) is 105 Å². The minimum Gasteiger partial charge on any atom is -0.394 e. The number of nitrogens with one attached hydrogen (secondary N) is 1. The lowest BCUT2D eigenvalue weighted by atomic mass is 10.2. The molecule has 3 atom stereocenters. The second-order valence-electron chi connectivity index (χ2n) is 4.09. The Morgan fingerprint density at radius 1 is 1.59 bits per heavy atom. The third-order valence-electron chi connectivity index (χ3n) is 2.84. The SMILES string of the molecule is Cc1c[15n]([C@H]2C[C@H](O)[C@@H](CO)O2)c(=O)[15nH]c1=O. The number of hydrogen-bond donors (Lipinski definition) is 3. The second-order valence-corrected chi connectivity index (χ2v) is 4.09. The maximum atomic E-state index is 11.6. The molecule has 0 bridgehead atoms. The van der Waals surface area contributed by atoms with E-state index in [1.54, 1.807) is 6.92 Å². The molecule has 0 spiro atoms. The summed E-state index contributed by atoms with van der Waals surface area (Å²) in [7, 11) is 0. The van der Waals surface area contributed by atoms with Crippen molar-refractivity contribution in [2.75, 3.05) is 6.61 Å². The average molecular weight is 244 g/mol. The average Bonchev–Trinajstić information content (AvgIpc) is 2.65. The predicted octanol–water partition coefficient (Wildman–Crippen LogP) is -1.51. The first-order chi connectivity index (χ1) is 8.02. The van der Waals surface area contributed by atoms with Gasteiger partial charge in [0.05, 0.1) is 12.7 Å². The van der Waals surface area contributed by atoms with Crippen LogP contribution in [0.2, 0.25) is 0 Å². The van der Waals surface area contributed by atoms with Gasteiger partial charge in [0.25, 0.3) is 5.56 Å². The Labute approximate surface area is 96.3 Å². The molecule has 1 saturated heterocycles. The molecule has 2 heterocycles. The lowest BCUT2D eigenvalue weighted by Gasteiger charge is -2.14. The summed E-state index contributed by atoms with van der Waals surface area (Å²) >= 11 is 0. The van der Waals surface area contributed by atoms with Crippen LogP contribution >= 0.6 is 0 Å².